The number of carboxylic acids is 1. The number of benzene rings is 4. The Kier molecular flexibility index (Phi) is 20.1. The summed E-state index contributed by atoms with van der Waals surface area (Å²) in [6, 6.07) is 29.5. The maximum Gasteiger partial charge on any atom is 0.339 e. The Morgan fingerprint density at radius 2 is 1.15 bits per heavy atom. The number of aromatic carboxylic acids is 1. The van der Waals surface area contributed by atoms with Gasteiger partial charge in [0.25, 0.3) is 5.24 Å². The molecule has 244 valence electrons. The zero-order valence-electron chi connectivity index (χ0n) is 26.7. The lowest BCUT2D eigenvalue weighted by atomic mass is 10.1. The molecule has 0 saturated carbocycles. The number of aromatic hydroxyl groups is 3. The van der Waals surface area contributed by atoms with E-state index in [9.17, 15) is 9.59 Å². The predicted octanol–water partition coefficient (Wildman–Crippen LogP) is 9.01. The van der Waals surface area contributed by atoms with Gasteiger partial charge in [-0.05, 0) is 86.3 Å². The molecular weight excluding hydrogens is 627 g/mol. The normalized spacial score (nSPS) is 9.02. The van der Waals surface area contributed by atoms with Crippen LogP contribution in [0.4, 0.5) is 0 Å². The maximum atomic E-state index is 10.5. The lowest BCUT2D eigenvalue weighted by molar-refractivity contribution is 0.0693. The summed E-state index contributed by atoms with van der Waals surface area (Å²) in [6.07, 6.45) is 0. The molecule has 0 bridgehead atoms. The van der Waals surface area contributed by atoms with Crippen LogP contribution in [0, 0.1) is 25.2 Å². The summed E-state index contributed by atoms with van der Waals surface area (Å²) in [7, 11) is 2.01. The van der Waals surface area contributed by atoms with Crippen LogP contribution in [-0.2, 0) is 6.54 Å². The average molecular weight is 668 g/mol. The summed E-state index contributed by atoms with van der Waals surface area (Å²) < 4.78 is 0. The van der Waals surface area contributed by atoms with E-state index in [-0.39, 0.29) is 22.6 Å². The number of phenolic OH excluding ortho intramolecular Hbond substituents is 2. The highest BCUT2D eigenvalue weighted by Crippen LogP contribution is 2.18. The Labute approximate surface area is 281 Å². The molecule has 0 atom stereocenters. The molecule has 4 rings (SSSR count). The molecule has 0 heterocycles. The fourth-order valence-corrected chi connectivity index (χ4v) is 3.50. The second-order valence-corrected chi connectivity index (χ2v) is 10.5. The molecule has 0 aromatic heterocycles. The highest BCUT2D eigenvalue weighted by Gasteiger charge is 2.06. The largest absolute Gasteiger partial charge is 0.508 e. The molecule has 0 unspecified atom stereocenters. The highest BCUT2D eigenvalue weighted by molar-refractivity contribution is 6.68. The van der Waals surface area contributed by atoms with Crippen molar-refractivity contribution in [3.05, 3.63) is 136 Å². The monoisotopic (exact) mass is 666 g/mol. The number of carboxylic acid groups (broad SMARTS) is 1. The molecule has 4 N–H and O–H groups in total. The number of rotatable bonds is 5. The number of carbonyl (C=O) groups excluding carboxylic acids is 1. The number of aryl methyl sites for hydroxylation is 2. The minimum absolute atomic E-state index is 0.0671. The number of carbonyl (C=O) groups is 2. The van der Waals surface area contributed by atoms with Crippen molar-refractivity contribution in [3.8, 4) is 23.3 Å². The van der Waals surface area contributed by atoms with Gasteiger partial charge in [-0.15, -0.1) is 0 Å². The van der Waals surface area contributed by atoms with Gasteiger partial charge in [0.15, 0.2) is 0 Å². The highest BCUT2D eigenvalue weighted by atomic mass is 35.5. The molecular formula is C36H40Cl2N2O6. The molecule has 8 nitrogen and oxygen atoms in total. The van der Waals surface area contributed by atoms with Crippen LogP contribution in [0.5, 0.6) is 17.2 Å². The summed E-state index contributed by atoms with van der Waals surface area (Å²) in [5, 5.41) is 42.7. The maximum absolute atomic E-state index is 10.5. The van der Waals surface area contributed by atoms with E-state index >= 15 is 0 Å². The first kappa shape index (κ1) is 41.0. The number of hydrogen-bond acceptors (Lipinski definition) is 7. The summed E-state index contributed by atoms with van der Waals surface area (Å²) in [5.41, 5.74) is 4.71. The van der Waals surface area contributed by atoms with Gasteiger partial charge in [-0.1, -0.05) is 83.9 Å². The lowest BCUT2D eigenvalue weighted by Crippen LogP contribution is -2.14. The second kappa shape index (κ2) is 22.5. The van der Waals surface area contributed by atoms with Crippen LogP contribution in [0.15, 0.2) is 108 Å². The minimum Gasteiger partial charge on any atom is -0.508 e. The van der Waals surface area contributed by atoms with Gasteiger partial charge < -0.3 is 25.3 Å². The topological polar surface area (TPSA) is 142 Å². The first-order valence-electron chi connectivity index (χ1n) is 13.8. The van der Waals surface area contributed by atoms with Crippen LogP contribution < -0.4 is 0 Å². The van der Waals surface area contributed by atoms with Gasteiger partial charge in [-0.2, -0.15) is 5.26 Å². The lowest BCUT2D eigenvalue weighted by Gasteiger charge is -2.19. The van der Waals surface area contributed by atoms with Crippen molar-refractivity contribution in [1.29, 1.82) is 5.26 Å². The number of halogens is 2. The molecule has 4 aromatic carbocycles. The van der Waals surface area contributed by atoms with Crippen molar-refractivity contribution in [2.45, 2.75) is 41.2 Å². The Morgan fingerprint density at radius 3 is 1.46 bits per heavy atom. The Morgan fingerprint density at radius 1 is 0.739 bits per heavy atom. The fourth-order valence-electron chi connectivity index (χ4n) is 3.28. The molecule has 0 aliphatic rings. The third-order valence-electron chi connectivity index (χ3n) is 5.65. The fraction of sp³-hybridized carbons (Fsp3) is 0.194. The Bertz CT molecular complexity index is 1520. The summed E-state index contributed by atoms with van der Waals surface area (Å²) in [4.78, 5) is 22.8. The third kappa shape index (κ3) is 16.8. The van der Waals surface area contributed by atoms with E-state index in [1.54, 1.807) is 36.4 Å². The second-order valence-electron chi connectivity index (χ2n) is 9.76. The van der Waals surface area contributed by atoms with Crippen molar-refractivity contribution in [1.82, 2.24) is 4.90 Å². The number of allylic oxidation sites excluding steroid dienone is 1. The molecule has 4 aromatic rings. The molecule has 10 heteroatoms. The molecule has 0 radical (unpaired) electrons. The summed E-state index contributed by atoms with van der Waals surface area (Å²) >= 11 is 11.3. The van der Waals surface area contributed by atoms with Crippen molar-refractivity contribution < 1.29 is 30.0 Å². The van der Waals surface area contributed by atoms with Crippen molar-refractivity contribution in [3.63, 3.8) is 0 Å². The Hall–Kier alpha value is -4.97. The minimum atomic E-state index is -1.11. The number of para-hydroxylation sites is 3. The SMILES string of the molecule is CC#N.CC(C)=C(Cl)N(C)Cc1ccc(C)cc1.Cc1ccccc1O.O=C(Cl)c1ccccc1O.O=C(O)c1ccccc1O. The van der Waals surface area contributed by atoms with Crippen LogP contribution in [-0.4, -0.2) is 43.6 Å². The smallest absolute Gasteiger partial charge is 0.339 e. The number of phenols is 3. The third-order valence-corrected chi connectivity index (χ3v) is 6.52. The summed E-state index contributed by atoms with van der Waals surface area (Å²) in [6.45, 7) is 10.3. The van der Waals surface area contributed by atoms with E-state index < -0.39 is 11.2 Å². The first-order chi connectivity index (χ1) is 21.7. The number of nitriles is 1. The van der Waals surface area contributed by atoms with Crippen LogP contribution in [0.3, 0.4) is 0 Å². The average Bonchev–Trinajstić information content (AvgIpc) is 3.01. The van der Waals surface area contributed by atoms with Gasteiger partial charge in [0.05, 0.1) is 11.6 Å². The van der Waals surface area contributed by atoms with Crippen molar-refractivity contribution in [2.24, 2.45) is 0 Å². The molecule has 0 aliphatic carbocycles. The Balaban J connectivity index is 0.000000583. The van der Waals surface area contributed by atoms with Crippen molar-refractivity contribution >= 4 is 34.4 Å². The quantitative estimate of drug-likeness (QED) is 0.122. The van der Waals surface area contributed by atoms with Gasteiger partial charge in [0, 0.05) is 20.5 Å². The van der Waals surface area contributed by atoms with Crippen molar-refractivity contribution in [2.75, 3.05) is 7.05 Å². The molecule has 0 amide bonds. The first-order valence-corrected chi connectivity index (χ1v) is 14.6. The van der Waals surface area contributed by atoms with Crippen LogP contribution in [0.1, 0.15) is 58.2 Å². The molecule has 46 heavy (non-hydrogen) atoms. The van der Waals surface area contributed by atoms with Gasteiger partial charge >= 0.3 is 5.97 Å². The van der Waals surface area contributed by atoms with Crippen LogP contribution in [0.25, 0.3) is 0 Å². The van der Waals surface area contributed by atoms with E-state index in [2.05, 4.69) is 36.1 Å². The summed E-state index contributed by atoms with van der Waals surface area (Å²) in [5.74, 6) is -1.02. The predicted molar refractivity (Wildman–Crippen MR) is 184 cm³/mol. The standard InChI is InChI=1S/C13H18ClN.C7H5ClO2.C7H6O3.C7H8O.C2H3N/c1-10(2)13(14)15(4)9-12-7-5-11(3)6-8-12;8-7(10)5-3-1-2-4-6(5)9;8-6-4-2-1-3-5(6)7(9)10;1-6-4-2-3-5-7(6)8;1-2-3/h5-8H,9H2,1-4H3;1-4,9H;1-4,8H,(H,9,10);2-5,8H,1H3;1H3. The van der Waals surface area contributed by atoms with Gasteiger partial charge in [0.2, 0.25) is 0 Å². The molecule has 0 fully saturated rings. The van der Waals surface area contributed by atoms with Crippen LogP contribution >= 0.6 is 23.2 Å². The molecule has 0 saturated heterocycles. The van der Waals surface area contributed by atoms with E-state index in [4.69, 9.17) is 48.9 Å². The number of nitrogens with zero attached hydrogens (tertiary/aromatic N) is 2. The zero-order valence-corrected chi connectivity index (χ0v) is 28.2. The number of hydrogen-bond donors (Lipinski definition) is 4. The van der Waals surface area contributed by atoms with Gasteiger partial charge in [0.1, 0.15) is 28.0 Å². The van der Waals surface area contributed by atoms with E-state index in [0.29, 0.717) is 5.75 Å². The molecule has 0 spiro atoms. The van der Waals surface area contributed by atoms with E-state index in [1.807, 2.05) is 46.0 Å². The van der Waals surface area contributed by atoms with Gasteiger partial charge in [-0.3, -0.25) is 4.79 Å². The van der Waals surface area contributed by atoms with E-state index in [1.165, 1.54) is 42.3 Å². The van der Waals surface area contributed by atoms with E-state index in [0.717, 1.165) is 22.8 Å². The zero-order chi connectivity index (χ0) is 35.2. The molecule has 0 aliphatic heterocycles. The van der Waals surface area contributed by atoms with Crippen LogP contribution in [0.2, 0.25) is 0 Å². The van der Waals surface area contributed by atoms with Gasteiger partial charge in [-0.25, -0.2) is 4.79 Å².